The van der Waals surface area contributed by atoms with Crippen molar-refractivity contribution >= 4 is 33.8 Å². The molecule has 1 aliphatic rings. The topological polar surface area (TPSA) is 88.9 Å². The molecule has 0 radical (unpaired) electrons. The minimum atomic E-state index is -1.19. The fourth-order valence-electron chi connectivity index (χ4n) is 2.72. The number of benzene rings is 1. The Morgan fingerprint density at radius 3 is 2.68 bits per heavy atom. The number of hydrogen-bond donors (Lipinski definition) is 1. The quantitative estimate of drug-likeness (QED) is 0.622. The highest BCUT2D eigenvalue weighted by molar-refractivity contribution is 9.10. The maximum Gasteiger partial charge on any atom is 0.373 e. The molecule has 25 heavy (non-hydrogen) atoms. The second-order valence-corrected chi connectivity index (χ2v) is 6.54. The number of imide groups is 1. The van der Waals surface area contributed by atoms with E-state index in [0.29, 0.717) is 11.3 Å². The number of halogens is 1. The third-order valence-corrected chi connectivity index (χ3v) is 4.74. The van der Waals surface area contributed by atoms with E-state index in [0.717, 1.165) is 9.37 Å². The van der Waals surface area contributed by atoms with Crippen LogP contribution in [0.3, 0.4) is 0 Å². The summed E-state index contributed by atoms with van der Waals surface area (Å²) in [4.78, 5) is 37.7. The first-order valence-electron chi connectivity index (χ1n) is 7.43. The van der Waals surface area contributed by atoms with Gasteiger partial charge in [0.05, 0.1) is 13.7 Å². The van der Waals surface area contributed by atoms with Gasteiger partial charge < -0.3 is 14.5 Å². The van der Waals surface area contributed by atoms with E-state index in [4.69, 9.17) is 4.42 Å². The first kappa shape index (κ1) is 17.2. The van der Waals surface area contributed by atoms with Crippen LogP contribution < -0.4 is 5.32 Å². The Kier molecular flexibility index (Phi) is 4.38. The number of methoxy groups -OCH3 is 1. The van der Waals surface area contributed by atoms with Crippen molar-refractivity contribution in [3.8, 4) is 0 Å². The van der Waals surface area contributed by atoms with Gasteiger partial charge >= 0.3 is 12.0 Å². The van der Waals surface area contributed by atoms with Crippen LogP contribution in [0.5, 0.6) is 0 Å². The van der Waals surface area contributed by atoms with Gasteiger partial charge in [-0.15, -0.1) is 0 Å². The van der Waals surface area contributed by atoms with Gasteiger partial charge in [-0.05, 0) is 25.1 Å². The largest absolute Gasteiger partial charge is 0.463 e. The first-order valence-corrected chi connectivity index (χ1v) is 8.22. The molecule has 0 spiro atoms. The van der Waals surface area contributed by atoms with Crippen LogP contribution in [-0.4, -0.2) is 29.9 Å². The molecule has 8 heteroatoms. The van der Waals surface area contributed by atoms with Crippen LogP contribution in [0.1, 0.15) is 28.8 Å². The molecule has 0 saturated carbocycles. The Bertz CT molecular complexity index is 862. The van der Waals surface area contributed by atoms with Gasteiger partial charge in [-0.25, -0.2) is 9.59 Å². The van der Waals surface area contributed by atoms with Gasteiger partial charge in [0.25, 0.3) is 5.91 Å². The van der Waals surface area contributed by atoms with E-state index < -0.39 is 23.4 Å². The van der Waals surface area contributed by atoms with Gasteiger partial charge in [-0.1, -0.05) is 34.1 Å². The molecular weight excluding hydrogens is 392 g/mol. The summed E-state index contributed by atoms with van der Waals surface area (Å²) in [7, 11) is 1.24. The molecule has 1 aromatic carbocycles. The summed E-state index contributed by atoms with van der Waals surface area (Å²) in [6.07, 6.45) is 0. The van der Waals surface area contributed by atoms with Gasteiger partial charge in [0.2, 0.25) is 5.76 Å². The minimum absolute atomic E-state index is 0.0121. The summed E-state index contributed by atoms with van der Waals surface area (Å²) in [6.45, 7) is 1.57. The van der Waals surface area contributed by atoms with Crippen molar-refractivity contribution in [2.45, 2.75) is 19.0 Å². The lowest BCUT2D eigenvalue weighted by Crippen LogP contribution is -2.41. The highest BCUT2D eigenvalue weighted by Crippen LogP contribution is 2.34. The Balaban J connectivity index is 1.86. The molecule has 1 N–H and O–H groups in total. The van der Waals surface area contributed by atoms with E-state index in [1.807, 2.05) is 6.07 Å². The average molecular weight is 407 g/mol. The van der Waals surface area contributed by atoms with E-state index in [9.17, 15) is 14.4 Å². The van der Waals surface area contributed by atoms with Gasteiger partial charge in [-0.2, -0.15) is 0 Å². The standard InChI is InChI=1S/C17H15BrN2O5/c1-17(11-5-3-4-6-12(11)18)15(22)20(16(23)19-17)9-10-7-8-13(25-10)14(21)24-2/h3-8H,9H2,1-2H3,(H,19,23). The highest BCUT2D eigenvalue weighted by atomic mass is 79.9. The first-order chi connectivity index (χ1) is 11.9. The monoisotopic (exact) mass is 406 g/mol. The number of hydrogen-bond acceptors (Lipinski definition) is 5. The number of urea groups is 1. The van der Waals surface area contributed by atoms with Crippen LogP contribution in [0, 0.1) is 0 Å². The summed E-state index contributed by atoms with van der Waals surface area (Å²) < 4.78 is 10.6. The molecule has 7 nitrogen and oxygen atoms in total. The van der Waals surface area contributed by atoms with Crippen LogP contribution in [0.2, 0.25) is 0 Å². The van der Waals surface area contributed by atoms with E-state index in [1.54, 1.807) is 25.1 Å². The summed E-state index contributed by atoms with van der Waals surface area (Å²) in [5.74, 6) is -0.708. The molecule has 3 rings (SSSR count). The number of nitrogens with zero attached hydrogens (tertiary/aromatic N) is 1. The molecule has 1 atom stereocenters. The number of esters is 1. The number of amides is 3. The Morgan fingerprint density at radius 2 is 2.00 bits per heavy atom. The van der Waals surface area contributed by atoms with Crippen molar-refractivity contribution < 1.29 is 23.5 Å². The van der Waals surface area contributed by atoms with Gasteiger partial charge in [0.1, 0.15) is 11.3 Å². The molecule has 1 unspecified atom stereocenters. The normalized spacial score (nSPS) is 19.9. The minimum Gasteiger partial charge on any atom is -0.463 e. The predicted molar refractivity (Wildman–Crippen MR) is 90.6 cm³/mol. The molecule has 2 aromatic rings. The molecular formula is C17H15BrN2O5. The number of nitrogens with one attached hydrogen (secondary N) is 1. The van der Waals surface area contributed by atoms with E-state index in [-0.39, 0.29) is 12.3 Å². The molecule has 1 aliphatic heterocycles. The van der Waals surface area contributed by atoms with Crippen molar-refractivity contribution in [1.29, 1.82) is 0 Å². The zero-order valence-corrected chi connectivity index (χ0v) is 15.1. The zero-order chi connectivity index (χ0) is 18.2. The highest BCUT2D eigenvalue weighted by Gasteiger charge is 2.49. The lowest BCUT2D eigenvalue weighted by atomic mass is 9.92. The molecule has 3 amide bonds. The smallest absolute Gasteiger partial charge is 0.373 e. The van der Waals surface area contributed by atoms with Crippen LogP contribution >= 0.6 is 15.9 Å². The average Bonchev–Trinajstić information content (AvgIpc) is 3.14. The van der Waals surface area contributed by atoms with Crippen molar-refractivity contribution in [1.82, 2.24) is 10.2 Å². The van der Waals surface area contributed by atoms with Crippen molar-refractivity contribution in [3.05, 3.63) is 58.0 Å². The number of carbonyl (C=O) groups excluding carboxylic acids is 3. The predicted octanol–water partition coefficient (Wildman–Crippen LogP) is 2.80. The zero-order valence-electron chi connectivity index (χ0n) is 13.5. The number of rotatable bonds is 4. The Labute approximate surface area is 152 Å². The maximum atomic E-state index is 12.9. The molecule has 1 aromatic heterocycles. The molecule has 1 saturated heterocycles. The van der Waals surface area contributed by atoms with Crippen molar-refractivity contribution in [2.75, 3.05) is 7.11 Å². The van der Waals surface area contributed by atoms with Crippen molar-refractivity contribution in [3.63, 3.8) is 0 Å². The second-order valence-electron chi connectivity index (χ2n) is 5.68. The second kappa shape index (κ2) is 6.36. The number of carbonyl (C=O) groups is 3. The lowest BCUT2D eigenvalue weighted by Gasteiger charge is -2.23. The molecule has 1 fully saturated rings. The molecule has 2 heterocycles. The van der Waals surface area contributed by atoms with E-state index in [1.165, 1.54) is 19.2 Å². The summed E-state index contributed by atoms with van der Waals surface area (Å²) >= 11 is 3.41. The van der Waals surface area contributed by atoms with Gasteiger partial charge in [0, 0.05) is 10.0 Å². The van der Waals surface area contributed by atoms with E-state index >= 15 is 0 Å². The van der Waals surface area contributed by atoms with Gasteiger partial charge in [-0.3, -0.25) is 9.69 Å². The SMILES string of the molecule is COC(=O)c1ccc(CN2C(=O)NC(C)(c3ccccc3Br)C2=O)o1. The van der Waals surface area contributed by atoms with Gasteiger partial charge in [0.15, 0.2) is 0 Å². The summed E-state index contributed by atoms with van der Waals surface area (Å²) in [5, 5.41) is 2.72. The lowest BCUT2D eigenvalue weighted by molar-refractivity contribution is -0.131. The maximum absolute atomic E-state index is 12.9. The van der Waals surface area contributed by atoms with Crippen LogP contribution in [0.15, 0.2) is 45.3 Å². The summed E-state index contributed by atoms with van der Waals surface area (Å²) in [6, 6.07) is 9.63. The Morgan fingerprint density at radius 1 is 1.28 bits per heavy atom. The number of furan rings is 1. The van der Waals surface area contributed by atoms with Crippen LogP contribution in [0.25, 0.3) is 0 Å². The Hall–Kier alpha value is -2.61. The third kappa shape index (κ3) is 2.93. The molecule has 0 bridgehead atoms. The fraction of sp³-hybridized carbons (Fsp3) is 0.235. The third-order valence-electron chi connectivity index (χ3n) is 4.05. The van der Waals surface area contributed by atoms with Crippen molar-refractivity contribution in [2.24, 2.45) is 0 Å². The number of ether oxygens (including phenoxy) is 1. The molecule has 130 valence electrons. The molecule has 0 aliphatic carbocycles. The van der Waals surface area contributed by atoms with Crippen LogP contribution in [-0.2, 0) is 21.6 Å². The van der Waals surface area contributed by atoms with E-state index in [2.05, 4.69) is 26.0 Å². The summed E-state index contributed by atoms with van der Waals surface area (Å²) in [5.41, 5.74) is -0.528. The van der Waals surface area contributed by atoms with Crippen LogP contribution in [0.4, 0.5) is 4.79 Å². The fourth-order valence-corrected chi connectivity index (χ4v) is 3.40.